The zero-order chi connectivity index (χ0) is 20.1. The Labute approximate surface area is 171 Å². The summed E-state index contributed by atoms with van der Waals surface area (Å²) >= 11 is 0. The molecule has 1 aromatic carbocycles. The summed E-state index contributed by atoms with van der Waals surface area (Å²) in [6.45, 7) is 3.62. The van der Waals surface area contributed by atoms with Crippen molar-refractivity contribution in [1.29, 1.82) is 0 Å². The number of piperazine rings is 1. The number of hydrogen-bond acceptors (Lipinski definition) is 6. The number of benzene rings is 1. The van der Waals surface area contributed by atoms with Gasteiger partial charge in [0.25, 0.3) is 0 Å². The number of methoxy groups -OCH3 is 1. The molecular formula is C22H28N4O3. The number of aromatic nitrogens is 1. The van der Waals surface area contributed by atoms with Crippen molar-refractivity contribution in [2.45, 2.75) is 31.7 Å². The predicted molar refractivity (Wildman–Crippen MR) is 111 cm³/mol. The van der Waals surface area contributed by atoms with Crippen LogP contribution in [0.2, 0.25) is 0 Å². The van der Waals surface area contributed by atoms with Gasteiger partial charge < -0.3 is 19.6 Å². The third-order valence-electron chi connectivity index (χ3n) is 5.84. The molecule has 2 fully saturated rings. The molecule has 1 N–H and O–H groups in total. The second kappa shape index (κ2) is 9.13. The third kappa shape index (κ3) is 4.45. The highest BCUT2D eigenvalue weighted by Gasteiger charge is 2.29. The monoisotopic (exact) mass is 396 g/mol. The molecule has 1 aromatic heterocycles. The lowest BCUT2D eigenvalue weighted by Gasteiger charge is -2.39. The van der Waals surface area contributed by atoms with E-state index in [2.05, 4.69) is 19.9 Å². The van der Waals surface area contributed by atoms with Crippen molar-refractivity contribution in [2.75, 3.05) is 33.3 Å². The van der Waals surface area contributed by atoms with Crippen LogP contribution >= 0.6 is 0 Å². The summed E-state index contributed by atoms with van der Waals surface area (Å²) in [6.07, 6.45) is 6.98. The molecule has 1 aliphatic heterocycles. The van der Waals surface area contributed by atoms with E-state index in [1.165, 1.54) is 25.7 Å². The summed E-state index contributed by atoms with van der Waals surface area (Å²) in [4.78, 5) is 9.07. The number of oxime groups is 1. The van der Waals surface area contributed by atoms with Gasteiger partial charge >= 0.3 is 0 Å². The summed E-state index contributed by atoms with van der Waals surface area (Å²) in [6, 6.07) is 11.8. The standard InChI is InChI=1S/C22H28N4O3/c1-28-18-8-10-19(11-9-18)29-22-20(7-4-12-23-22)21(24-27)26-15-13-25(14-16-26)17-5-2-3-6-17/h4,7-12,17,27H,2-3,5-6,13-16H2,1H3/b24-21-. The molecule has 1 aliphatic carbocycles. The molecule has 1 saturated heterocycles. The minimum Gasteiger partial charge on any atom is -0.497 e. The first-order valence-corrected chi connectivity index (χ1v) is 10.3. The van der Waals surface area contributed by atoms with Gasteiger partial charge in [-0.2, -0.15) is 0 Å². The lowest BCUT2D eigenvalue weighted by molar-refractivity contribution is 0.131. The fourth-order valence-electron chi connectivity index (χ4n) is 4.25. The molecule has 0 radical (unpaired) electrons. The number of amidine groups is 1. The number of pyridine rings is 1. The van der Waals surface area contributed by atoms with Crippen LogP contribution in [0.25, 0.3) is 0 Å². The Hall–Kier alpha value is -2.80. The molecule has 0 spiro atoms. The fourth-order valence-corrected chi connectivity index (χ4v) is 4.25. The van der Waals surface area contributed by atoms with Gasteiger partial charge in [-0.05, 0) is 49.2 Å². The van der Waals surface area contributed by atoms with Gasteiger partial charge in [-0.25, -0.2) is 4.98 Å². The van der Waals surface area contributed by atoms with Crippen molar-refractivity contribution in [3.63, 3.8) is 0 Å². The highest BCUT2D eigenvalue weighted by atomic mass is 16.5. The molecule has 29 heavy (non-hydrogen) atoms. The molecule has 1 saturated carbocycles. The lowest BCUT2D eigenvalue weighted by Crippen LogP contribution is -2.51. The van der Waals surface area contributed by atoms with Crippen molar-refractivity contribution in [3.8, 4) is 17.4 Å². The Balaban J connectivity index is 1.47. The van der Waals surface area contributed by atoms with Crippen molar-refractivity contribution in [2.24, 2.45) is 5.16 Å². The zero-order valence-electron chi connectivity index (χ0n) is 16.8. The van der Waals surface area contributed by atoms with Crippen LogP contribution in [0.15, 0.2) is 47.8 Å². The van der Waals surface area contributed by atoms with Crippen LogP contribution in [0.4, 0.5) is 0 Å². The fraction of sp³-hybridized carbons (Fsp3) is 0.455. The Morgan fingerprint density at radius 2 is 1.72 bits per heavy atom. The number of rotatable bonds is 5. The second-order valence-electron chi connectivity index (χ2n) is 7.52. The van der Waals surface area contributed by atoms with Crippen molar-refractivity contribution in [3.05, 3.63) is 48.2 Å². The highest BCUT2D eigenvalue weighted by Crippen LogP contribution is 2.28. The van der Waals surface area contributed by atoms with Gasteiger partial charge in [0.1, 0.15) is 11.5 Å². The van der Waals surface area contributed by atoms with Crippen molar-refractivity contribution < 1.29 is 14.7 Å². The molecule has 0 unspecified atom stereocenters. The Bertz CT molecular complexity index is 826. The maximum Gasteiger partial charge on any atom is 0.230 e. The summed E-state index contributed by atoms with van der Waals surface area (Å²) in [5, 5.41) is 13.4. The Morgan fingerprint density at radius 3 is 2.38 bits per heavy atom. The average Bonchev–Trinajstić information content (AvgIpc) is 3.31. The predicted octanol–water partition coefficient (Wildman–Crippen LogP) is 3.58. The first-order chi connectivity index (χ1) is 14.3. The van der Waals surface area contributed by atoms with Crippen LogP contribution in [0.3, 0.4) is 0 Å². The van der Waals surface area contributed by atoms with Gasteiger partial charge in [-0.15, -0.1) is 0 Å². The van der Waals surface area contributed by atoms with E-state index in [9.17, 15) is 5.21 Å². The van der Waals surface area contributed by atoms with Crippen LogP contribution in [-0.2, 0) is 0 Å². The van der Waals surface area contributed by atoms with E-state index >= 15 is 0 Å². The Morgan fingerprint density at radius 1 is 1.03 bits per heavy atom. The van der Waals surface area contributed by atoms with Gasteiger partial charge in [-0.1, -0.05) is 18.0 Å². The van der Waals surface area contributed by atoms with Gasteiger partial charge in [0.2, 0.25) is 5.88 Å². The van der Waals surface area contributed by atoms with Crippen LogP contribution in [0, 0.1) is 0 Å². The maximum absolute atomic E-state index is 9.80. The van der Waals surface area contributed by atoms with Gasteiger partial charge in [0.15, 0.2) is 5.84 Å². The molecule has 0 amide bonds. The van der Waals surface area contributed by atoms with E-state index in [0.29, 0.717) is 23.0 Å². The third-order valence-corrected chi connectivity index (χ3v) is 5.84. The molecule has 7 heteroatoms. The molecular weight excluding hydrogens is 368 g/mol. The molecule has 0 atom stereocenters. The summed E-state index contributed by atoms with van der Waals surface area (Å²) < 4.78 is 11.2. The SMILES string of the molecule is COc1ccc(Oc2ncccc2/C(=N/O)N2CCN(C3CCCC3)CC2)cc1. The normalized spacial score (nSPS) is 18.8. The van der Waals surface area contributed by atoms with Gasteiger partial charge in [0, 0.05) is 38.4 Å². The van der Waals surface area contributed by atoms with E-state index in [-0.39, 0.29) is 0 Å². The largest absolute Gasteiger partial charge is 0.497 e. The molecule has 2 aromatic rings. The lowest BCUT2D eigenvalue weighted by atomic mass is 10.1. The minimum atomic E-state index is 0.420. The molecule has 2 aliphatic rings. The number of ether oxygens (including phenoxy) is 2. The zero-order valence-corrected chi connectivity index (χ0v) is 16.8. The van der Waals surface area contributed by atoms with E-state index in [4.69, 9.17) is 9.47 Å². The van der Waals surface area contributed by atoms with Crippen LogP contribution in [-0.4, -0.2) is 65.2 Å². The smallest absolute Gasteiger partial charge is 0.230 e. The molecule has 7 nitrogen and oxygen atoms in total. The first-order valence-electron chi connectivity index (χ1n) is 10.3. The molecule has 154 valence electrons. The summed E-state index contributed by atoms with van der Waals surface area (Å²) in [5.74, 6) is 2.34. The van der Waals surface area contributed by atoms with Crippen LogP contribution < -0.4 is 9.47 Å². The molecule has 2 heterocycles. The van der Waals surface area contributed by atoms with Crippen LogP contribution in [0.1, 0.15) is 31.2 Å². The van der Waals surface area contributed by atoms with E-state index < -0.39 is 0 Å². The average molecular weight is 396 g/mol. The maximum atomic E-state index is 9.80. The number of nitrogens with zero attached hydrogens (tertiary/aromatic N) is 4. The summed E-state index contributed by atoms with van der Waals surface area (Å²) in [7, 11) is 1.63. The van der Waals surface area contributed by atoms with Crippen molar-refractivity contribution in [1.82, 2.24) is 14.8 Å². The summed E-state index contributed by atoms with van der Waals surface area (Å²) in [5.41, 5.74) is 0.681. The van der Waals surface area contributed by atoms with Gasteiger partial charge in [0.05, 0.1) is 12.7 Å². The quantitative estimate of drug-likeness (QED) is 0.361. The molecule has 0 bridgehead atoms. The van der Waals surface area contributed by atoms with E-state index in [1.807, 2.05) is 36.4 Å². The van der Waals surface area contributed by atoms with Gasteiger partial charge in [-0.3, -0.25) is 4.90 Å². The first kappa shape index (κ1) is 19.5. The molecule has 4 rings (SSSR count). The van der Waals surface area contributed by atoms with Crippen LogP contribution in [0.5, 0.6) is 17.4 Å². The highest BCUT2D eigenvalue weighted by molar-refractivity contribution is 6.00. The van der Waals surface area contributed by atoms with E-state index in [1.54, 1.807) is 13.3 Å². The minimum absolute atomic E-state index is 0.420. The second-order valence-corrected chi connectivity index (χ2v) is 7.52. The number of hydrogen-bond donors (Lipinski definition) is 1. The topological polar surface area (TPSA) is 70.4 Å². The Kier molecular flexibility index (Phi) is 6.14. The van der Waals surface area contributed by atoms with E-state index in [0.717, 1.165) is 38.0 Å². The van der Waals surface area contributed by atoms with Crippen molar-refractivity contribution >= 4 is 5.84 Å².